The summed E-state index contributed by atoms with van der Waals surface area (Å²) in [6.07, 6.45) is 11.8. The number of hydrogen-bond acceptors (Lipinski definition) is 4. The van der Waals surface area contributed by atoms with E-state index < -0.39 is 18.4 Å². The molecule has 25 heavy (non-hydrogen) atoms. The fourth-order valence-electron chi connectivity index (χ4n) is 3.68. The standard InChI is InChI=1S/C7H6N3OS.3C4H9.Sn/c1-11-9-4-6-7-10(5-8-6)2-3-12-7;3*1-3-4-2;/h3-5H,1H3;3*1,3-4H2,2H3;. The van der Waals surface area contributed by atoms with Crippen molar-refractivity contribution in [2.75, 3.05) is 7.11 Å². The number of fused-ring (bicyclic) bond motifs is 1. The Hall–Kier alpha value is -0.561. The second kappa shape index (κ2) is 10.6. The Morgan fingerprint density at radius 1 is 1.12 bits per heavy atom. The van der Waals surface area contributed by atoms with Crippen LogP contribution in [-0.2, 0) is 4.84 Å². The van der Waals surface area contributed by atoms with E-state index in [1.54, 1.807) is 17.0 Å². The number of oxime groups is 1. The first-order valence-electron chi connectivity index (χ1n) is 9.74. The van der Waals surface area contributed by atoms with E-state index in [4.69, 9.17) is 4.84 Å². The van der Waals surface area contributed by atoms with Crippen molar-refractivity contribution >= 4 is 44.5 Å². The van der Waals surface area contributed by atoms with Crippen LogP contribution in [-0.4, -0.2) is 41.1 Å². The summed E-state index contributed by atoms with van der Waals surface area (Å²) >= 11 is -0.588. The van der Waals surface area contributed by atoms with Crippen LogP contribution in [0.3, 0.4) is 0 Å². The van der Waals surface area contributed by atoms with Crippen LogP contribution >= 0.6 is 11.3 Å². The van der Waals surface area contributed by atoms with Crippen molar-refractivity contribution in [3.63, 3.8) is 0 Å². The Balaban J connectivity index is 2.45. The normalized spacial score (nSPS) is 12.5. The minimum atomic E-state index is -2.42. The first-order valence-corrected chi connectivity index (χ1v) is 18.1. The molecule has 0 unspecified atom stereocenters. The van der Waals surface area contributed by atoms with E-state index in [-0.39, 0.29) is 0 Å². The van der Waals surface area contributed by atoms with Crippen molar-refractivity contribution in [1.29, 1.82) is 0 Å². The summed E-state index contributed by atoms with van der Waals surface area (Å²) in [5.41, 5.74) is 0.930. The van der Waals surface area contributed by atoms with Crippen molar-refractivity contribution in [2.24, 2.45) is 5.16 Å². The Morgan fingerprint density at radius 3 is 2.24 bits per heavy atom. The first-order chi connectivity index (χ1) is 12.2. The first kappa shape index (κ1) is 20.7. The predicted molar refractivity (Wildman–Crippen MR) is 112 cm³/mol. The van der Waals surface area contributed by atoms with E-state index in [9.17, 15) is 0 Å². The molecule has 2 heterocycles. The van der Waals surface area contributed by atoms with Crippen molar-refractivity contribution in [3.8, 4) is 0 Å². The van der Waals surface area contributed by atoms with E-state index in [0.29, 0.717) is 0 Å². The molecule has 0 saturated carbocycles. The van der Waals surface area contributed by atoms with Crippen LogP contribution in [0.25, 0.3) is 4.83 Å². The monoisotopic (exact) mass is 471 g/mol. The third kappa shape index (κ3) is 5.00. The van der Waals surface area contributed by atoms with Crippen LogP contribution in [0.4, 0.5) is 0 Å². The van der Waals surface area contributed by atoms with Crippen LogP contribution in [0, 0.1) is 0 Å². The van der Waals surface area contributed by atoms with E-state index in [1.165, 1.54) is 56.7 Å². The maximum absolute atomic E-state index is 4.84. The SMILES string of the molecule is CCC[CH2][Sn]([CH2]CCC)([CH2]CCC)[c]1csc2c(C=NOC)ncn12. The average Bonchev–Trinajstić information content (AvgIpc) is 3.22. The van der Waals surface area contributed by atoms with Gasteiger partial charge in [-0.15, -0.1) is 0 Å². The number of unbranched alkanes of at least 4 members (excludes halogenated alkanes) is 3. The molecule has 0 aliphatic carbocycles. The summed E-state index contributed by atoms with van der Waals surface area (Å²) in [4.78, 5) is 10.6. The summed E-state index contributed by atoms with van der Waals surface area (Å²) in [5.74, 6) is 0. The second-order valence-electron chi connectivity index (χ2n) is 6.93. The third-order valence-electron chi connectivity index (χ3n) is 5.14. The molecule has 6 heteroatoms. The Kier molecular flexibility index (Phi) is 8.76. The van der Waals surface area contributed by atoms with Crippen molar-refractivity contribution in [2.45, 2.75) is 72.6 Å². The third-order valence-corrected chi connectivity index (χ3v) is 22.1. The molecule has 140 valence electrons. The fourth-order valence-corrected chi connectivity index (χ4v) is 22.7. The molecule has 0 atom stereocenters. The topological polar surface area (TPSA) is 38.9 Å². The zero-order chi connectivity index (χ0) is 18.1. The van der Waals surface area contributed by atoms with Gasteiger partial charge in [0.15, 0.2) is 0 Å². The number of imidazole rings is 1. The summed E-state index contributed by atoms with van der Waals surface area (Å²) < 4.78 is 8.51. The molecule has 0 fully saturated rings. The Bertz CT molecular complexity index is 643. The molecular weight excluding hydrogens is 437 g/mol. The molecule has 2 aromatic rings. The van der Waals surface area contributed by atoms with E-state index in [2.05, 4.69) is 40.7 Å². The van der Waals surface area contributed by atoms with Gasteiger partial charge in [0.25, 0.3) is 0 Å². The van der Waals surface area contributed by atoms with E-state index in [1.807, 2.05) is 17.7 Å². The van der Waals surface area contributed by atoms with Crippen LogP contribution in [0.2, 0.25) is 13.3 Å². The zero-order valence-corrected chi connectivity index (χ0v) is 19.9. The molecule has 0 spiro atoms. The fraction of sp³-hybridized carbons (Fsp3) is 0.684. The molecule has 0 N–H and O–H groups in total. The maximum atomic E-state index is 4.84. The number of hydrogen-bond donors (Lipinski definition) is 0. The number of aromatic nitrogens is 2. The van der Waals surface area contributed by atoms with Gasteiger partial charge in [-0.2, -0.15) is 0 Å². The molecule has 0 amide bonds. The summed E-state index contributed by atoms with van der Waals surface area (Å²) in [6.45, 7) is 6.99. The van der Waals surface area contributed by atoms with Crippen LogP contribution in [0.1, 0.15) is 65.0 Å². The Morgan fingerprint density at radius 2 is 1.72 bits per heavy atom. The van der Waals surface area contributed by atoms with Gasteiger partial charge < -0.3 is 0 Å². The van der Waals surface area contributed by atoms with Crippen molar-refractivity contribution < 1.29 is 4.84 Å². The van der Waals surface area contributed by atoms with Gasteiger partial charge in [-0.25, -0.2) is 0 Å². The van der Waals surface area contributed by atoms with Gasteiger partial charge in [0, 0.05) is 0 Å². The van der Waals surface area contributed by atoms with Gasteiger partial charge in [0.1, 0.15) is 0 Å². The number of nitrogens with zero attached hydrogens (tertiary/aromatic N) is 3. The molecule has 2 rings (SSSR count). The van der Waals surface area contributed by atoms with Crippen molar-refractivity contribution in [3.05, 3.63) is 17.4 Å². The van der Waals surface area contributed by atoms with Gasteiger partial charge in [-0.3, -0.25) is 0 Å². The number of thiazole rings is 1. The van der Waals surface area contributed by atoms with Crippen LogP contribution in [0.15, 0.2) is 16.9 Å². The van der Waals surface area contributed by atoms with Gasteiger partial charge in [0.05, 0.1) is 0 Å². The zero-order valence-electron chi connectivity index (χ0n) is 16.3. The van der Waals surface area contributed by atoms with Crippen molar-refractivity contribution in [1.82, 2.24) is 9.38 Å². The summed E-state index contributed by atoms with van der Waals surface area (Å²) in [7, 11) is 1.57. The molecule has 2 aromatic heterocycles. The Labute approximate surface area is 160 Å². The minimum absolute atomic E-state index is 0.930. The summed E-state index contributed by atoms with van der Waals surface area (Å²) in [6, 6.07) is 0. The average molecular weight is 470 g/mol. The molecule has 0 bridgehead atoms. The molecule has 0 saturated heterocycles. The predicted octanol–water partition coefficient (Wildman–Crippen LogP) is 5.43. The van der Waals surface area contributed by atoms with E-state index >= 15 is 0 Å². The second-order valence-corrected chi connectivity index (χ2v) is 20.8. The van der Waals surface area contributed by atoms with E-state index in [0.717, 1.165) is 5.69 Å². The van der Waals surface area contributed by atoms with Crippen LogP contribution in [0.5, 0.6) is 0 Å². The summed E-state index contributed by atoms with van der Waals surface area (Å²) in [5, 5.41) is 6.36. The number of rotatable bonds is 12. The van der Waals surface area contributed by atoms with Gasteiger partial charge >= 0.3 is 161 Å². The van der Waals surface area contributed by atoms with Gasteiger partial charge in [-0.1, -0.05) is 0 Å². The molecule has 0 aromatic carbocycles. The molecular formula is C19H33N3OSSn. The van der Waals surface area contributed by atoms with Gasteiger partial charge in [-0.05, 0) is 0 Å². The molecule has 0 aliphatic rings. The van der Waals surface area contributed by atoms with Crippen LogP contribution < -0.4 is 3.71 Å². The van der Waals surface area contributed by atoms with Gasteiger partial charge in [0.2, 0.25) is 0 Å². The quantitative estimate of drug-likeness (QED) is 0.236. The molecule has 4 nitrogen and oxygen atoms in total. The molecule has 0 radical (unpaired) electrons. The molecule has 0 aliphatic heterocycles.